The lowest BCUT2D eigenvalue weighted by molar-refractivity contribution is -0.145. The van der Waals surface area contributed by atoms with Gasteiger partial charge in [-0.05, 0) is 86.9 Å². The fourth-order valence-corrected chi connectivity index (χ4v) is 10.2. The van der Waals surface area contributed by atoms with E-state index in [0.717, 1.165) is 0 Å². The van der Waals surface area contributed by atoms with E-state index in [-0.39, 0.29) is 70.4 Å². The molecule has 93 heavy (non-hydrogen) atoms. The Morgan fingerprint density at radius 1 is 0.538 bits per heavy atom. The first-order chi connectivity index (χ1) is 44.3. The molecule has 9 amide bonds. The Morgan fingerprint density at radius 3 is 1.40 bits per heavy atom. The zero-order chi connectivity index (χ0) is 68.6. The first-order valence-corrected chi connectivity index (χ1v) is 31.0. The zero-order valence-electron chi connectivity index (χ0n) is 52.3. The number of aliphatic hydroxyl groups is 1. The van der Waals surface area contributed by atoms with Crippen LogP contribution in [0.15, 0.2) is 96.0 Å². The van der Waals surface area contributed by atoms with Crippen molar-refractivity contribution in [1.82, 2.24) is 47.4 Å². The summed E-state index contributed by atoms with van der Waals surface area (Å²) in [6.07, 6.45) is -1.26. The molecule has 0 spiro atoms. The quantitative estimate of drug-likeness (QED) is 0.0165. The van der Waals surface area contributed by atoms with Gasteiger partial charge in [0.05, 0.1) is 6.61 Å². The Morgan fingerprint density at radius 2 is 0.957 bits per heavy atom. The van der Waals surface area contributed by atoms with E-state index in [0.29, 0.717) is 42.5 Å². The van der Waals surface area contributed by atoms with Crippen molar-refractivity contribution < 1.29 is 78.0 Å². The number of unbranched alkanes of at least 4 members (excludes halogenated alkanes) is 1. The second-order valence-corrected chi connectivity index (χ2v) is 22.8. The van der Waals surface area contributed by atoms with Crippen molar-refractivity contribution in [3.05, 3.63) is 108 Å². The van der Waals surface area contributed by atoms with Crippen LogP contribution in [0, 0.1) is 5.92 Å². The van der Waals surface area contributed by atoms with Gasteiger partial charge in [-0.25, -0.2) is 4.79 Å². The Labute approximate surface area is 538 Å². The van der Waals surface area contributed by atoms with Crippen LogP contribution in [-0.2, 0) is 76.8 Å². The number of benzene rings is 3. The van der Waals surface area contributed by atoms with Gasteiger partial charge in [0.1, 0.15) is 60.4 Å². The van der Waals surface area contributed by atoms with Gasteiger partial charge in [0.2, 0.25) is 53.2 Å². The number of carbonyl (C=O) groups excluding carboxylic acids is 9. The number of hydrogen-bond donors (Lipinski definition) is 16. The molecule has 11 atom stereocenters. The maximum absolute atomic E-state index is 14.8. The summed E-state index contributed by atoms with van der Waals surface area (Å²) in [7, 11) is 0. The second-order valence-electron chi connectivity index (χ2n) is 22.8. The maximum Gasteiger partial charge on any atom is 0.326 e. The molecule has 30 nitrogen and oxygen atoms in total. The normalized spacial score (nSPS) is 15.9. The third-order valence-corrected chi connectivity index (χ3v) is 15.6. The largest absolute Gasteiger partial charge is 0.481 e. The molecule has 3 aromatic carbocycles. The zero-order valence-corrected chi connectivity index (χ0v) is 52.3. The predicted molar refractivity (Wildman–Crippen MR) is 339 cm³/mol. The number of aliphatic imine (C=N–C) groups is 1. The molecule has 0 aliphatic carbocycles. The molecule has 0 saturated carbocycles. The minimum absolute atomic E-state index is 0.0129. The van der Waals surface area contributed by atoms with E-state index in [2.05, 4.69) is 47.5 Å². The van der Waals surface area contributed by atoms with Gasteiger partial charge in [-0.3, -0.25) is 57.7 Å². The Balaban J connectivity index is 1.67. The van der Waals surface area contributed by atoms with Crippen molar-refractivity contribution in [3.8, 4) is 0 Å². The molecule has 11 unspecified atom stereocenters. The number of aliphatic carboxylic acids is 3. The van der Waals surface area contributed by atoms with Crippen LogP contribution in [0.1, 0.15) is 108 Å². The van der Waals surface area contributed by atoms with Gasteiger partial charge in [0.15, 0.2) is 5.96 Å². The number of nitrogens with zero attached hydrogens (tertiary/aromatic N) is 2. The van der Waals surface area contributed by atoms with Crippen molar-refractivity contribution in [3.63, 3.8) is 0 Å². The molecule has 0 aromatic heterocycles. The van der Waals surface area contributed by atoms with Gasteiger partial charge in [-0.1, -0.05) is 111 Å². The number of guanidine groups is 1. The number of nitrogens with one attached hydrogen (secondary N) is 8. The van der Waals surface area contributed by atoms with E-state index in [1.54, 1.807) is 105 Å². The molecule has 1 heterocycles. The highest BCUT2D eigenvalue weighted by Crippen LogP contribution is 2.22. The Kier molecular flexibility index (Phi) is 32.4. The molecule has 0 bridgehead atoms. The van der Waals surface area contributed by atoms with Crippen molar-refractivity contribution in [1.29, 1.82) is 0 Å². The average Bonchev–Trinajstić information content (AvgIpc) is 1.83. The summed E-state index contributed by atoms with van der Waals surface area (Å²) >= 11 is 0. The van der Waals surface area contributed by atoms with Crippen molar-refractivity contribution >= 4 is 77.0 Å². The highest BCUT2D eigenvalue weighted by atomic mass is 16.4. The highest BCUT2D eigenvalue weighted by molar-refractivity contribution is 5.99. The number of carboxylic acids is 3. The van der Waals surface area contributed by atoms with E-state index in [1.807, 2.05) is 0 Å². The molecule has 20 N–H and O–H groups in total. The van der Waals surface area contributed by atoms with Gasteiger partial charge in [-0.15, -0.1) is 0 Å². The summed E-state index contributed by atoms with van der Waals surface area (Å²) in [6, 6.07) is 10.7. The third kappa shape index (κ3) is 26.3. The molecular formula is C63H90N14O16. The number of carboxylic acid groups (broad SMARTS) is 3. The van der Waals surface area contributed by atoms with E-state index in [9.17, 15) is 78.0 Å². The van der Waals surface area contributed by atoms with Crippen molar-refractivity contribution in [2.24, 2.45) is 33.8 Å². The number of rotatable bonds is 41. The Bertz CT molecular complexity index is 3010. The van der Waals surface area contributed by atoms with Gasteiger partial charge in [0, 0.05) is 45.2 Å². The van der Waals surface area contributed by atoms with Crippen LogP contribution >= 0.6 is 0 Å². The van der Waals surface area contributed by atoms with Crippen LogP contribution in [0.25, 0.3) is 0 Å². The minimum Gasteiger partial charge on any atom is -0.481 e. The Hall–Kier alpha value is -9.55. The lowest BCUT2D eigenvalue weighted by Gasteiger charge is -2.32. The van der Waals surface area contributed by atoms with E-state index < -0.39 is 170 Å². The first kappa shape index (κ1) is 75.9. The number of carbonyl (C=O) groups is 12. The van der Waals surface area contributed by atoms with E-state index >= 15 is 0 Å². The lowest BCUT2D eigenvalue weighted by atomic mass is 9.96. The molecule has 1 saturated heterocycles. The summed E-state index contributed by atoms with van der Waals surface area (Å²) in [4.78, 5) is 170. The molecule has 1 aliphatic rings. The molecule has 3 aromatic rings. The van der Waals surface area contributed by atoms with E-state index in [1.165, 1.54) is 4.90 Å². The first-order valence-electron chi connectivity index (χ1n) is 31.0. The highest BCUT2D eigenvalue weighted by Gasteiger charge is 2.41. The van der Waals surface area contributed by atoms with Gasteiger partial charge >= 0.3 is 17.9 Å². The van der Waals surface area contributed by atoms with Crippen LogP contribution in [-0.4, -0.2) is 189 Å². The van der Waals surface area contributed by atoms with Crippen LogP contribution in [0.2, 0.25) is 0 Å². The minimum atomic E-state index is -1.71. The summed E-state index contributed by atoms with van der Waals surface area (Å²) in [5.41, 5.74) is 24.1. The number of nitrogens with two attached hydrogens (primary N) is 4. The van der Waals surface area contributed by atoms with Gasteiger partial charge in [0.25, 0.3) is 0 Å². The standard InChI is InChI=1S/C63H90N14O16/c1-3-37(2)52(60(90)75-48(35-40-21-11-6-12-22-40)61(91)77-32-16-25-49(77)59(89)72-45(62(92)93)23-13-14-30-64)76-56(86)44(27-29-51(81)82)71-58(88)47(34-39-19-9-5-10-20-39)74-54(84)42(24-15-31-68-63(66)67)69-55(85)43(26-28-50(79)80)70-57(87)46(73-53(83)41(65)36-78)33-38-17-7-4-8-18-38/h4-12,17-22,37,41-49,52,78H,3,13-16,23-36,64-65H2,1-2H3,(H,69,85)(H,70,87)(H,71,88)(H,72,89)(H,73,83)(H,74,84)(H,75,90)(H,76,86)(H,79,80)(H,81,82)(H,92,93)(H4,66,67,68). The fraction of sp³-hybridized carbons (Fsp3) is 0.508. The van der Waals surface area contributed by atoms with Crippen LogP contribution in [0.3, 0.4) is 0 Å². The average molecular weight is 1300 g/mol. The van der Waals surface area contributed by atoms with Crippen LogP contribution < -0.4 is 65.5 Å². The number of likely N-dealkylation sites (tertiary alicyclic amines) is 1. The second kappa shape index (κ2) is 39.7. The molecular weight excluding hydrogens is 1210 g/mol. The lowest BCUT2D eigenvalue weighted by Crippen LogP contribution is -2.61. The van der Waals surface area contributed by atoms with Crippen molar-refractivity contribution in [2.45, 2.75) is 171 Å². The summed E-state index contributed by atoms with van der Waals surface area (Å²) < 4.78 is 0. The van der Waals surface area contributed by atoms with E-state index in [4.69, 9.17) is 22.9 Å². The predicted octanol–water partition coefficient (Wildman–Crippen LogP) is -2.05. The molecule has 30 heteroatoms. The molecule has 1 fully saturated rings. The third-order valence-electron chi connectivity index (χ3n) is 15.6. The summed E-state index contributed by atoms with van der Waals surface area (Å²) in [6.45, 7) is 2.93. The maximum atomic E-state index is 14.8. The number of hydrogen-bond acceptors (Lipinski definition) is 16. The SMILES string of the molecule is CCC(C)C(NC(=O)C(CCC(=O)O)NC(=O)C(Cc1ccccc1)NC(=O)C(CCCN=C(N)N)NC(=O)C(CCC(=O)O)NC(=O)C(Cc1ccccc1)NC(=O)C(N)CO)C(=O)NC(Cc1ccccc1)C(=O)N1CCCC1C(=O)NC(CCCCN)C(=O)O. The molecule has 4 rings (SSSR count). The van der Waals surface area contributed by atoms with Crippen LogP contribution in [0.4, 0.5) is 0 Å². The molecule has 1 aliphatic heterocycles. The summed E-state index contributed by atoms with van der Waals surface area (Å²) in [5, 5.41) is 59.7. The van der Waals surface area contributed by atoms with Gasteiger partial charge in [-0.2, -0.15) is 0 Å². The monoisotopic (exact) mass is 1300 g/mol. The van der Waals surface area contributed by atoms with Gasteiger partial charge < -0.3 is 90.8 Å². The van der Waals surface area contributed by atoms with Crippen LogP contribution in [0.5, 0.6) is 0 Å². The molecule has 508 valence electrons. The fourth-order valence-electron chi connectivity index (χ4n) is 10.2. The number of aliphatic hydroxyl groups excluding tert-OH is 1. The topological polar surface area (TPSA) is 502 Å². The number of amides is 9. The summed E-state index contributed by atoms with van der Waals surface area (Å²) in [5.74, 6) is -13.2. The van der Waals surface area contributed by atoms with Crippen molar-refractivity contribution in [2.75, 3.05) is 26.2 Å². The smallest absolute Gasteiger partial charge is 0.326 e. The molecule has 0 radical (unpaired) electrons.